The zero-order valence-corrected chi connectivity index (χ0v) is 17.1. The summed E-state index contributed by atoms with van der Waals surface area (Å²) >= 11 is 0. The molecule has 4 aromatic rings. The number of ketones is 1. The van der Waals surface area contributed by atoms with Crippen LogP contribution in [0.1, 0.15) is 31.8 Å². The number of carbonyl (C=O) groups is 2. The summed E-state index contributed by atoms with van der Waals surface area (Å²) in [6.45, 7) is 1.95. The zero-order valence-electron chi connectivity index (χ0n) is 17.1. The molecule has 3 aromatic carbocycles. The molecule has 0 saturated heterocycles. The van der Waals surface area contributed by atoms with Gasteiger partial charge in [0.1, 0.15) is 17.2 Å². The predicted molar refractivity (Wildman–Crippen MR) is 118 cm³/mol. The van der Waals surface area contributed by atoms with Gasteiger partial charge in [0.25, 0.3) is 5.91 Å². The van der Waals surface area contributed by atoms with E-state index in [4.69, 9.17) is 15.2 Å². The van der Waals surface area contributed by atoms with Gasteiger partial charge in [-0.15, -0.1) is 0 Å². The van der Waals surface area contributed by atoms with Crippen LogP contribution in [0.5, 0.6) is 17.2 Å². The molecule has 0 radical (unpaired) electrons. The number of methoxy groups -OCH3 is 1. The highest BCUT2D eigenvalue weighted by molar-refractivity contribution is 6.09. The lowest BCUT2D eigenvalue weighted by molar-refractivity contribution is 0.0996. The molecule has 6 nitrogen and oxygen atoms in total. The van der Waals surface area contributed by atoms with Crippen LogP contribution >= 0.6 is 0 Å². The number of amides is 1. The van der Waals surface area contributed by atoms with Crippen LogP contribution in [-0.4, -0.2) is 23.8 Å². The van der Waals surface area contributed by atoms with Crippen molar-refractivity contribution < 1.29 is 19.1 Å². The third kappa shape index (κ3) is 4.09. The van der Waals surface area contributed by atoms with Crippen molar-refractivity contribution in [2.45, 2.75) is 6.92 Å². The Hall–Kier alpha value is -4.19. The van der Waals surface area contributed by atoms with Gasteiger partial charge in [0.2, 0.25) is 0 Å². The van der Waals surface area contributed by atoms with Gasteiger partial charge in [0.15, 0.2) is 5.78 Å². The number of nitrogens with two attached hydrogens (primary N) is 1. The van der Waals surface area contributed by atoms with Crippen LogP contribution in [0.3, 0.4) is 0 Å². The molecule has 1 aromatic heterocycles. The minimum atomic E-state index is -0.604. The molecule has 1 heterocycles. The zero-order chi connectivity index (χ0) is 22.0. The topological polar surface area (TPSA) is 91.5 Å². The Morgan fingerprint density at radius 2 is 1.68 bits per heavy atom. The number of hydrogen-bond donors (Lipinski definition) is 1. The summed E-state index contributed by atoms with van der Waals surface area (Å²) in [4.78, 5) is 28.8. The van der Waals surface area contributed by atoms with Gasteiger partial charge < -0.3 is 15.2 Å². The third-order valence-corrected chi connectivity index (χ3v) is 4.91. The van der Waals surface area contributed by atoms with E-state index in [1.54, 1.807) is 54.7 Å². The monoisotopic (exact) mass is 412 g/mol. The highest BCUT2D eigenvalue weighted by Gasteiger charge is 2.15. The Morgan fingerprint density at radius 3 is 2.35 bits per heavy atom. The van der Waals surface area contributed by atoms with E-state index in [9.17, 15) is 9.59 Å². The summed E-state index contributed by atoms with van der Waals surface area (Å²) in [7, 11) is 1.47. The lowest BCUT2D eigenvalue weighted by Gasteiger charge is -2.12. The third-order valence-electron chi connectivity index (χ3n) is 4.91. The first kappa shape index (κ1) is 20.1. The second-order valence-electron chi connectivity index (χ2n) is 7.07. The van der Waals surface area contributed by atoms with Gasteiger partial charge in [-0.1, -0.05) is 23.8 Å². The minimum absolute atomic E-state index is 0.0530. The lowest BCUT2D eigenvalue weighted by Crippen LogP contribution is -2.12. The molecule has 0 bridgehead atoms. The number of rotatable bonds is 6. The molecule has 4 rings (SSSR count). The predicted octanol–water partition coefficient (Wildman–Crippen LogP) is 4.67. The van der Waals surface area contributed by atoms with Gasteiger partial charge >= 0.3 is 0 Å². The number of fused-ring (bicyclic) bond motifs is 1. The molecule has 0 saturated carbocycles. The van der Waals surface area contributed by atoms with Crippen molar-refractivity contribution in [2.24, 2.45) is 5.73 Å². The van der Waals surface area contributed by atoms with Crippen molar-refractivity contribution >= 4 is 22.6 Å². The maximum Gasteiger partial charge on any atom is 0.252 e. The number of pyridine rings is 1. The Kier molecular flexibility index (Phi) is 5.37. The van der Waals surface area contributed by atoms with Gasteiger partial charge in [-0.05, 0) is 49.4 Å². The molecule has 154 valence electrons. The number of nitrogens with zero attached hydrogens (tertiary/aromatic N) is 1. The Balaban J connectivity index is 1.64. The van der Waals surface area contributed by atoms with Gasteiger partial charge in [-0.2, -0.15) is 0 Å². The summed E-state index contributed by atoms with van der Waals surface area (Å²) < 4.78 is 11.3. The van der Waals surface area contributed by atoms with Crippen LogP contribution in [0.15, 0.2) is 72.9 Å². The number of benzene rings is 3. The summed E-state index contributed by atoms with van der Waals surface area (Å²) in [6.07, 6.45) is 1.61. The molecular formula is C25H20N2O4. The SMILES string of the molecule is COc1cc2nccc(Oc3ccc(C(=O)c4cccc(C)c4)cc3)c2cc1C(N)=O. The summed E-state index contributed by atoms with van der Waals surface area (Å²) in [6, 6.07) is 19.3. The molecule has 6 heteroatoms. The summed E-state index contributed by atoms with van der Waals surface area (Å²) in [5, 5.41) is 0.622. The minimum Gasteiger partial charge on any atom is -0.496 e. The van der Waals surface area contributed by atoms with Crippen molar-refractivity contribution in [1.82, 2.24) is 4.98 Å². The lowest BCUT2D eigenvalue weighted by atomic mass is 10.0. The quantitative estimate of drug-likeness (QED) is 0.465. The Bertz CT molecular complexity index is 1300. The van der Waals surface area contributed by atoms with Crippen molar-refractivity contribution in [3.8, 4) is 17.2 Å². The Morgan fingerprint density at radius 1 is 0.903 bits per heavy atom. The van der Waals surface area contributed by atoms with E-state index in [1.165, 1.54) is 7.11 Å². The van der Waals surface area contributed by atoms with Crippen molar-refractivity contribution in [3.63, 3.8) is 0 Å². The number of aryl methyl sites for hydroxylation is 1. The second-order valence-corrected chi connectivity index (χ2v) is 7.07. The normalized spacial score (nSPS) is 10.6. The van der Waals surface area contributed by atoms with Crippen LogP contribution in [0, 0.1) is 6.92 Å². The molecule has 0 fully saturated rings. The van der Waals surface area contributed by atoms with Crippen LogP contribution in [0.2, 0.25) is 0 Å². The van der Waals surface area contributed by atoms with E-state index in [0.717, 1.165) is 5.56 Å². The van der Waals surface area contributed by atoms with Crippen molar-refractivity contribution in [2.75, 3.05) is 7.11 Å². The highest BCUT2D eigenvalue weighted by Crippen LogP contribution is 2.33. The number of carbonyl (C=O) groups excluding carboxylic acids is 2. The molecule has 1 amide bonds. The number of aromatic nitrogens is 1. The van der Waals surface area contributed by atoms with Crippen LogP contribution < -0.4 is 15.2 Å². The smallest absolute Gasteiger partial charge is 0.252 e. The average Bonchev–Trinajstić information content (AvgIpc) is 2.78. The van der Waals surface area contributed by atoms with Gasteiger partial charge in [-0.25, -0.2) is 0 Å². The molecule has 0 unspecified atom stereocenters. The Labute approximate surface area is 179 Å². The molecule has 0 aliphatic rings. The summed E-state index contributed by atoms with van der Waals surface area (Å²) in [5.41, 5.74) is 8.56. The fraction of sp³-hybridized carbons (Fsp3) is 0.0800. The van der Waals surface area contributed by atoms with E-state index in [2.05, 4.69) is 4.98 Å². The fourth-order valence-corrected chi connectivity index (χ4v) is 3.35. The van der Waals surface area contributed by atoms with E-state index < -0.39 is 5.91 Å². The standard InChI is InChI=1S/C25H20N2O4/c1-15-4-3-5-17(12-15)24(28)16-6-8-18(9-7-16)31-22-10-11-27-21-14-23(30-2)20(25(26)29)13-19(21)22/h3-14H,1-2H3,(H2,26,29). The maximum atomic E-state index is 12.7. The van der Waals surface area contributed by atoms with Crippen molar-refractivity contribution in [3.05, 3.63) is 95.2 Å². The van der Waals surface area contributed by atoms with Crippen LogP contribution in [-0.2, 0) is 0 Å². The maximum absolute atomic E-state index is 12.7. The molecule has 2 N–H and O–H groups in total. The molecule has 31 heavy (non-hydrogen) atoms. The fourth-order valence-electron chi connectivity index (χ4n) is 3.35. The number of hydrogen-bond acceptors (Lipinski definition) is 5. The largest absolute Gasteiger partial charge is 0.496 e. The highest BCUT2D eigenvalue weighted by atomic mass is 16.5. The van der Waals surface area contributed by atoms with E-state index in [0.29, 0.717) is 39.3 Å². The van der Waals surface area contributed by atoms with Gasteiger partial charge in [0.05, 0.1) is 18.2 Å². The molecule has 0 aliphatic heterocycles. The van der Waals surface area contributed by atoms with Gasteiger partial charge in [0, 0.05) is 28.8 Å². The molecule has 0 spiro atoms. The van der Waals surface area contributed by atoms with E-state index >= 15 is 0 Å². The number of primary amides is 1. The summed E-state index contributed by atoms with van der Waals surface area (Å²) in [5.74, 6) is 0.747. The van der Waals surface area contributed by atoms with Crippen LogP contribution in [0.4, 0.5) is 0 Å². The van der Waals surface area contributed by atoms with Crippen LogP contribution in [0.25, 0.3) is 10.9 Å². The van der Waals surface area contributed by atoms with E-state index in [1.807, 2.05) is 25.1 Å². The number of ether oxygens (including phenoxy) is 2. The molecule has 0 atom stereocenters. The first-order valence-electron chi connectivity index (χ1n) is 9.62. The molecular weight excluding hydrogens is 392 g/mol. The molecule has 0 aliphatic carbocycles. The first-order chi connectivity index (χ1) is 15.0. The van der Waals surface area contributed by atoms with Gasteiger partial charge in [-0.3, -0.25) is 14.6 Å². The van der Waals surface area contributed by atoms with Crippen molar-refractivity contribution in [1.29, 1.82) is 0 Å². The first-order valence-corrected chi connectivity index (χ1v) is 9.62. The second kappa shape index (κ2) is 8.28. The average molecular weight is 412 g/mol. The van der Waals surface area contributed by atoms with E-state index in [-0.39, 0.29) is 11.3 Å².